The number of hydrogen-bond donors (Lipinski definition) is 2. The van der Waals surface area contributed by atoms with Gasteiger partial charge in [0.1, 0.15) is 0 Å². The molecule has 3 heteroatoms. The van der Waals surface area contributed by atoms with Crippen LogP contribution in [0.25, 0.3) is 0 Å². The molecule has 0 saturated carbocycles. The molecule has 3 N–H and O–H groups in total. The molecule has 0 fully saturated rings. The molecule has 0 saturated heterocycles. The van der Waals surface area contributed by atoms with Crippen LogP contribution in [0.2, 0.25) is 0 Å². The summed E-state index contributed by atoms with van der Waals surface area (Å²) >= 11 is 0. The summed E-state index contributed by atoms with van der Waals surface area (Å²) in [6.07, 6.45) is 0. The highest BCUT2D eigenvalue weighted by molar-refractivity contribution is 5.97. The minimum Gasteiger partial charge on any atom is -0.290 e. The quantitative estimate of drug-likeness (QED) is 0.418. The standard InChI is InChI=1S/C12H18N2O/c1-6-7(2)9(4)11(12(15)14-13)10(5)8(6)3/h13H2,1-5H3,(H,14,15). The molecule has 15 heavy (non-hydrogen) atoms. The lowest BCUT2D eigenvalue weighted by atomic mass is 9.89. The van der Waals surface area contributed by atoms with Gasteiger partial charge in [-0.2, -0.15) is 0 Å². The first-order chi connectivity index (χ1) is 6.91. The molecule has 1 aromatic carbocycles. The van der Waals surface area contributed by atoms with Gasteiger partial charge < -0.3 is 0 Å². The number of carbonyl (C=O) groups is 1. The molecule has 0 aliphatic heterocycles. The first-order valence-corrected chi connectivity index (χ1v) is 4.99. The van der Waals surface area contributed by atoms with Crippen LogP contribution in [0.3, 0.4) is 0 Å². The summed E-state index contributed by atoms with van der Waals surface area (Å²) in [5.41, 5.74) is 8.51. The Balaban J connectivity index is 3.60. The molecule has 0 radical (unpaired) electrons. The molecule has 1 rings (SSSR count). The van der Waals surface area contributed by atoms with Gasteiger partial charge in [0.2, 0.25) is 0 Å². The maximum Gasteiger partial charge on any atom is 0.265 e. The van der Waals surface area contributed by atoms with Crippen molar-refractivity contribution in [3.63, 3.8) is 0 Å². The molecule has 0 aliphatic carbocycles. The highest BCUT2D eigenvalue weighted by Crippen LogP contribution is 2.25. The zero-order valence-corrected chi connectivity index (χ0v) is 9.99. The van der Waals surface area contributed by atoms with E-state index in [-0.39, 0.29) is 5.91 Å². The minimum atomic E-state index is -0.212. The van der Waals surface area contributed by atoms with E-state index in [1.165, 1.54) is 5.56 Å². The third-order valence-electron chi connectivity index (χ3n) is 3.36. The summed E-state index contributed by atoms with van der Waals surface area (Å²) in [7, 11) is 0. The predicted octanol–water partition coefficient (Wildman–Crippen LogP) is 1.83. The van der Waals surface area contributed by atoms with E-state index < -0.39 is 0 Å². The fourth-order valence-electron chi connectivity index (χ4n) is 1.91. The summed E-state index contributed by atoms with van der Waals surface area (Å²) in [6.45, 7) is 10.1. The number of rotatable bonds is 1. The first-order valence-electron chi connectivity index (χ1n) is 4.99. The van der Waals surface area contributed by atoms with Gasteiger partial charge >= 0.3 is 0 Å². The van der Waals surface area contributed by atoms with Crippen LogP contribution in [0.15, 0.2) is 0 Å². The van der Waals surface area contributed by atoms with Gasteiger partial charge in [0, 0.05) is 5.56 Å². The molecule has 0 bridgehead atoms. The lowest BCUT2D eigenvalue weighted by Crippen LogP contribution is -2.31. The average Bonchev–Trinajstić information content (AvgIpc) is 2.23. The van der Waals surface area contributed by atoms with E-state index in [0.29, 0.717) is 5.56 Å². The Morgan fingerprint density at radius 1 is 0.867 bits per heavy atom. The molecule has 1 aromatic rings. The molecule has 1 amide bonds. The van der Waals surface area contributed by atoms with Crippen molar-refractivity contribution in [2.24, 2.45) is 5.84 Å². The second-order valence-electron chi connectivity index (χ2n) is 3.97. The van der Waals surface area contributed by atoms with Gasteiger partial charge in [-0.1, -0.05) is 0 Å². The van der Waals surface area contributed by atoms with E-state index in [1.54, 1.807) is 0 Å². The Bertz CT molecular complexity index is 393. The van der Waals surface area contributed by atoms with Crippen LogP contribution in [-0.2, 0) is 0 Å². The van der Waals surface area contributed by atoms with Crippen LogP contribution < -0.4 is 11.3 Å². The fraction of sp³-hybridized carbons (Fsp3) is 0.417. The SMILES string of the molecule is Cc1c(C)c(C)c(C(=O)NN)c(C)c1C. The van der Waals surface area contributed by atoms with Gasteiger partial charge in [-0.25, -0.2) is 5.84 Å². The van der Waals surface area contributed by atoms with E-state index >= 15 is 0 Å². The second kappa shape index (κ2) is 4.03. The van der Waals surface area contributed by atoms with E-state index in [0.717, 1.165) is 22.3 Å². The number of hydrogen-bond acceptors (Lipinski definition) is 2. The minimum absolute atomic E-state index is 0.212. The molecule has 0 atom stereocenters. The Morgan fingerprint density at radius 3 is 1.53 bits per heavy atom. The van der Waals surface area contributed by atoms with E-state index in [9.17, 15) is 4.79 Å². The van der Waals surface area contributed by atoms with Gasteiger partial charge in [-0.05, 0) is 62.4 Å². The molecule has 3 nitrogen and oxygen atoms in total. The Labute approximate surface area is 90.6 Å². The monoisotopic (exact) mass is 206 g/mol. The summed E-state index contributed by atoms with van der Waals surface area (Å²) < 4.78 is 0. The normalized spacial score (nSPS) is 10.3. The van der Waals surface area contributed by atoms with Crippen LogP contribution in [0.5, 0.6) is 0 Å². The van der Waals surface area contributed by atoms with Gasteiger partial charge in [-0.3, -0.25) is 10.2 Å². The zero-order valence-electron chi connectivity index (χ0n) is 9.99. The molecular formula is C12H18N2O. The van der Waals surface area contributed by atoms with E-state index in [1.807, 2.05) is 27.7 Å². The van der Waals surface area contributed by atoms with Crippen molar-refractivity contribution >= 4 is 5.91 Å². The van der Waals surface area contributed by atoms with Crippen LogP contribution >= 0.6 is 0 Å². The Kier molecular flexibility index (Phi) is 3.15. The largest absolute Gasteiger partial charge is 0.290 e. The van der Waals surface area contributed by atoms with Crippen LogP contribution in [0.4, 0.5) is 0 Å². The van der Waals surface area contributed by atoms with Crippen LogP contribution in [0, 0.1) is 34.6 Å². The van der Waals surface area contributed by atoms with Gasteiger partial charge in [0.25, 0.3) is 5.91 Å². The maximum absolute atomic E-state index is 11.6. The number of amides is 1. The highest BCUT2D eigenvalue weighted by atomic mass is 16.2. The summed E-state index contributed by atoms with van der Waals surface area (Å²) in [4.78, 5) is 11.6. The molecule has 82 valence electrons. The lowest BCUT2D eigenvalue weighted by Gasteiger charge is -2.17. The van der Waals surface area contributed by atoms with Crippen LogP contribution in [0.1, 0.15) is 38.2 Å². The van der Waals surface area contributed by atoms with Gasteiger partial charge in [0.05, 0.1) is 0 Å². The molecule has 0 spiro atoms. The molecule has 0 heterocycles. The summed E-state index contributed by atoms with van der Waals surface area (Å²) in [5.74, 6) is 4.97. The van der Waals surface area contributed by atoms with Gasteiger partial charge in [0.15, 0.2) is 0 Å². The average molecular weight is 206 g/mol. The summed E-state index contributed by atoms with van der Waals surface area (Å²) in [6, 6.07) is 0. The molecule has 0 aliphatic rings. The number of benzene rings is 1. The smallest absolute Gasteiger partial charge is 0.265 e. The summed E-state index contributed by atoms with van der Waals surface area (Å²) in [5, 5.41) is 0. The van der Waals surface area contributed by atoms with Crippen molar-refractivity contribution < 1.29 is 4.79 Å². The van der Waals surface area contributed by atoms with E-state index in [2.05, 4.69) is 12.3 Å². The Hall–Kier alpha value is -1.35. The third-order valence-corrected chi connectivity index (χ3v) is 3.36. The molecular weight excluding hydrogens is 188 g/mol. The Morgan fingerprint density at radius 2 is 1.20 bits per heavy atom. The van der Waals surface area contributed by atoms with Crippen molar-refractivity contribution in [3.8, 4) is 0 Å². The lowest BCUT2D eigenvalue weighted by molar-refractivity contribution is 0.0952. The van der Waals surface area contributed by atoms with Crippen molar-refractivity contribution in [2.75, 3.05) is 0 Å². The number of nitrogens with two attached hydrogens (primary N) is 1. The number of nitrogens with one attached hydrogen (secondary N) is 1. The predicted molar refractivity (Wildman–Crippen MR) is 61.8 cm³/mol. The fourth-order valence-corrected chi connectivity index (χ4v) is 1.91. The molecule has 0 aromatic heterocycles. The van der Waals surface area contributed by atoms with Crippen molar-refractivity contribution in [3.05, 3.63) is 33.4 Å². The number of carbonyl (C=O) groups excluding carboxylic acids is 1. The number of hydrazine groups is 1. The van der Waals surface area contributed by atoms with Crippen molar-refractivity contribution in [1.82, 2.24) is 5.43 Å². The zero-order chi connectivity index (χ0) is 11.7. The van der Waals surface area contributed by atoms with Crippen molar-refractivity contribution in [1.29, 1.82) is 0 Å². The number of nitrogen functional groups attached to an aromatic ring is 1. The second-order valence-corrected chi connectivity index (χ2v) is 3.97. The first kappa shape index (κ1) is 11.7. The maximum atomic E-state index is 11.6. The topological polar surface area (TPSA) is 55.1 Å². The van der Waals surface area contributed by atoms with Gasteiger partial charge in [-0.15, -0.1) is 0 Å². The molecule has 0 unspecified atom stereocenters. The highest BCUT2D eigenvalue weighted by Gasteiger charge is 2.16. The van der Waals surface area contributed by atoms with E-state index in [4.69, 9.17) is 5.84 Å². The van der Waals surface area contributed by atoms with Crippen LogP contribution in [-0.4, -0.2) is 5.91 Å². The third kappa shape index (κ3) is 1.75. The van der Waals surface area contributed by atoms with Crippen molar-refractivity contribution in [2.45, 2.75) is 34.6 Å².